The zero-order valence-corrected chi connectivity index (χ0v) is 11.9. The number of benzene rings is 1. The maximum atomic E-state index is 13.9. The molecule has 0 unspecified atom stereocenters. The van der Waals surface area contributed by atoms with Crippen molar-refractivity contribution in [2.45, 2.75) is 19.5 Å². The molecule has 1 atom stereocenters. The van der Waals surface area contributed by atoms with Crippen LogP contribution in [0.1, 0.15) is 12.5 Å². The van der Waals surface area contributed by atoms with Crippen molar-refractivity contribution in [3.8, 4) is 11.3 Å². The van der Waals surface area contributed by atoms with Crippen molar-refractivity contribution in [1.29, 1.82) is 0 Å². The molecule has 0 radical (unpaired) electrons. The van der Waals surface area contributed by atoms with Gasteiger partial charge < -0.3 is 5.32 Å². The average molecular weight is 292 g/mol. The Morgan fingerprint density at radius 1 is 1.33 bits per heavy atom. The Kier molecular flexibility index (Phi) is 3.98. The smallest absolute Gasteiger partial charge is 0.135 e. The zero-order chi connectivity index (χ0) is 14.8. The van der Waals surface area contributed by atoms with E-state index in [4.69, 9.17) is 0 Å². The summed E-state index contributed by atoms with van der Waals surface area (Å²) in [6, 6.07) is 4.30. The molecule has 0 spiro atoms. The van der Waals surface area contributed by atoms with Crippen LogP contribution in [0.4, 0.5) is 8.78 Å². The van der Waals surface area contributed by atoms with Gasteiger partial charge in [-0.25, -0.2) is 8.78 Å². The minimum absolute atomic E-state index is 0.0341. The van der Waals surface area contributed by atoms with E-state index in [1.807, 2.05) is 0 Å². The van der Waals surface area contributed by atoms with Gasteiger partial charge in [0.05, 0.1) is 17.5 Å². The van der Waals surface area contributed by atoms with E-state index in [-0.39, 0.29) is 5.56 Å². The number of rotatable bonds is 3. The number of hydrogen-bond acceptors (Lipinski definition) is 3. The molecule has 1 aliphatic rings. The predicted octanol–water partition coefficient (Wildman–Crippen LogP) is 2.15. The third kappa shape index (κ3) is 2.96. The van der Waals surface area contributed by atoms with Gasteiger partial charge in [-0.1, -0.05) is 6.07 Å². The Morgan fingerprint density at radius 2 is 2.10 bits per heavy atom. The Balaban J connectivity index is 1.87. The molecule has 1 aromatic carbocycles. The Labute approximate surface area is 122 Å². The summed E-state index contributed by atoms with van der Waals surface area (Å²) in [7, 11) is 0. The molecule has 1 saturated heterocycles. The van der Waals surface area contributed by atoms with E-state index in [0.29, 0.717) is 18.3 Å². The summed E-state index contributed by atoms with van der Waals surface area (Å²) in [5, 5.41) is 10.1. The summed E-state index contributed by atoms with van der Waals surface area (Å²) in [5.41, 5.74) is 1.21. The van der Waals surface area contributed by atoms with Crippen LogP contribution in [-0.2, 0) is 6.54 Å². The van der Waals surface area contributed by atoms with Gasteiger partial charge in [-0.15, -0.1) is 0 Å². The van der Waals surface area contributed by atoms with E-state index in [1.54, 1.807) is 6.20 Å². The van der Waals surface area contributed by atoms with E-state index in [1.165, 1.54) is 18.2 Å². The monoisotopic (exact) mass is 292 g/mol. The average Bonchev–Trinajstić information content (AvgIpc) is 2.87. The van der Waals surface area contributed by atoms with Crippen LogP contribution in [0.25, 0.3) is 11.3 Å². The van der Waals surface area contributed by atoms with Crippen LogP contribution in [0.5, 0.6) is 0 Å². The lowest BCUT2D eigenvalue weighted by molar-refractivity contribution is 0.200. The van der Waals surface area contributed by atoms with E-state index >= 15 is 0 Å². The molecule has 0 amide bonds. The van der Waals surface area contributed by atoms with E-state index < -0.39 is 11.6 Å². The summed E-state index contributed by atoms with van der Waals surface area (Å²) in [4.78, 5) is 2.26. The van der Waals surface area contributed by atoms with Crippen LogP contribution < -0.4 is 5.32 Å². The van der Waals surface area contributed by atoms with Crippen LogP contribution in [0.3, 0.4) is 0 Å². The first-order valence-electron chi connectivity index (χ1n) is 7.07. The second-order valence-corrected chi connectivity index (χ2v) is 5.46. The SMILES string of the molecule is C[C@@H]1CN(Cc2cn[nH]c2-c2c(F)cccc2F)CCN1. The lowest BCUT2D eigenvalue weighted by Crippen LogP contribution is -2.48. The maximum absolute atomic E-state index is 13.9. The highest BCUT2D eigenvalue weighted by Gasteiger charge is 2.20. The van der Waals surface area contributed by atoms with Crippen molar-refractivity contribution >= 4 is 0 Å². The second kappa shape index (κ2) is 5.91. The Morgan fingerprint density at radius 3 is 2.81 bits per heavy atom. The number of H-pyrrole nitrogens is 1. The number of nitrogens with one attached hydrogen (secondary N) is 2. The van der Waals surface area contributed by atoms with Crippen LogP contribution in [0.15, 0.2) is 24.4 Å². The van der Waals surface area contributed by atoms with Crippen molar-refractivity contribution in [1.82, 2.24) is 20.4 Å². The molecular formula is C15H18F2N4. The third-order valence-corrected chi connectivity index (χ3v) is 3.78. The Hall–Kier alpha value is -1.79. The molecule has 0 aliphatic carbocycles. The first-order valence-corrected chi connectivity index (χ1v) is 7.07. The maximum Gasteiger partial charge on any atom is 0.135 e. The number of aromatic amines is 1. The van der Waals surface area contributed by atoms with Gasteiger partial charge in [0.1, 0.15) is 11.6 Å². The van der Waals surface area contributed by atoms with E-state index in [9.17, 15) is 8.78 Å². The predicted molar refractivity (Wildman–Crippen MR) is 76.7 cm³/mol. The minimum Gasteiger partial charge on any atom is -0.312 e. The third-order valence-electron chi connectivity index (χ3n) is 3.78. The van der Waals surface area contributed by atoms with Crippen molar-refractivity contribution in [3.63, 3.8) is 0 Å². The summed E-state index contributed by atoms with van der Waals surface area (Å²) in [6.07, 6.45) is 1.65. The van der Waals surface area contributed by atoms with Crippen LogP contribution in [0, 0.1) is 11.6 Å². The number of aromatic nitrogens is 2. The van der Waals surface area contributed by atoms with E-state index in [0.717, 1.165) is 25.2 Å². The van der Waals surface area contributed by atoms with Gasteiger partial charge in [0.15, 0.2) is 0 Å². The lowest BCUT2D eigenvalue weighted by Gasteiger charge is -2.31. The molecule has 21 heavy (non-hydrogen) atoms. The molecule has 1 aliphatic heterocycles. The first-order chi connectivity index (χ1) is 10.1. The summed E-state index contributed by atoms with van der Waals surface area (Å²) < 4.78 is 27.8. The summed E-state index contributed by atoms with van der Waals surface area (Å²) >= 11 is 0. The largest absolute Gasteiger partial charge is 0.312 e. The minimum atomic E-state index is -0.575. The Bertz CT molecular complexity index is 606. The van der Waals surface area contributed by atoms with Crippen LogP contribution in [0.2, 0.25) is 0 Å². The molecule has 3 rings (SSSR count). The first kappa shape index (κ1) is 14.2. The second-order valence-electron chi connectivity index (χ2n) is 5.46. The molecule has 112 valence electrons. The molecule has 0 bridgehead atoms. The molecular weight excluding hydrogens is 274 g/mol. The quantitative estimate of drug-likeness (QED) is 0.911. The normalized spacial score (nSPS) is 19.9. The molecule has 0 saturated carbocycles. The van der Waals surface area contributed by atoms with Crippen LogP contribution in [-0.4, -0.2) is 40.8 Å². The summed E-state index contributed by atoms with van der Waals surface area (Å²) in [5.74, 6) is -1.15. The summed E-state index contributed by atoms with van der Waals surface area (Å²) in [6.45, 7) is 5.49. The number of halogens is 2. The molecule has 2 heterocycles. The highest BCUT2D eigenvalue weighted by molar-refractivity contribution is 5.64. The fourth-order valence-corrected chi connectivity index (χ4v) is 2.78. The molecule has 1 fully saturated rings. The van der Waals surface area contributed by atoms with Gasteiger partial charge >= 0.3 is 0 Å². The van der Waals surface area contributed by atoms with Crippen molar-refractivity contribution in [2.24, 2.45) is 0 Å². The van der Waals surface area contributed by atoms with Gasteiger partial charge in [-0.2, -0.15) is 5.10 Å². The highest BCUT2D eigenvalue weighted by atomic mass is 19.1. The van der Waals surface area contributed by atoms with Crippen LogP contribution >= 0.6 is 0 Å². The van der Waals surface area contributed by atoms with Gasteiger partial charge in [0.25, 0.3) is 0 Å². The van der Waals surface area contributed by atoms with Crippen molar-refractivity contribution in [3.05, 3.63) is 41.6 Å². The standard InChI is InChI=1S/C15H18F2N4/c1-10-8-21(6-5-18-10)9-11-7-19-20-15(11)14-12(16)3-2-4-13(14)17/h2-4,7,10,18H,5-6,8-9H2,1H3,(H,19,20)/t10-/m1/s1. The topological polar surface area (TPSA) is 44.0 Å². The van der Waals surface area contributed by atoms with Gasteiger partial charge in [0.2, 0.25) is 0 Å². The molecule has 1 aromatic heterocycles. The number of nitrogens with zero attached hydrogens (tertiary/aromatic N) is 2. The number of hydrogen-bond donors (Lipinski definition) is 2. The van der Waals surface area contributed by atoms with E-state index in [2.05, 4.69) is 27.3 Å². The fourth-order valence-electron chi connectivity index (χ4n) is 2.78. The van der Waals surface area contributed by atoms with Gasteiger partial charge in [-0.3, -0.25) is 10.00 Å². The fraction of sp³-hybridized carbons (Fsp3) is 0.400. The molecule has 6 heteroatoms. The van der Waals surface area contributed by atoms with Gasteiger partial charge in [-0.05, 0) is 19.1 Å². The molecule has 4 nitrogen and oxygen atoms in total. The van der Waals surface area contributed by atoms with Crippen molar-refractivity contribution < 1.29 is 8.78 Å². The van der Waals surface area contributed by atoms with Gasteiger partial charge in [0, 0.05) is 37.8 Å². The zero-order valence-electron chi connectivity index (χ0n) is 11.9. The lowest BCUT2D eigenvalue weighted by atomic mass is 10.1. The molecule has 2 N–H and O–H groups in total. The molecule has 2 aromatic rings. The number of piperazine rings is 1. The highest BCUT2D eigenvalue weighted by Crippen LogP contribution is 2.27. The van der Waals surface area contributed by atoms with Crippen molar-refractivity contribution in [2.75, 3.05) is 19.6 Å².